The standard InChI is InChI=1S/C22H24N2O3/c1-16-21(19-4-2-3-5-20(19)23-16)22(25)17-6-8-18(9-7-17)27-15-12-24-10-13-26-14-11-24/h2-9,23H,10-15H2,1H3. The van der Waals surface area contributed by atoms with Crippen LogP contribution < -0.4 is 4.74 Å². The van der Waals surface area contributed by atoms with Crippen molar-refractivity contribution in [1.82, 2.24) is 9.88 Å². The van der Waals surface area contributed by atoms with Gasteiger partial charge in [-0.3, -0.25) is 9.69 Å². The van der Waals surface area contributed by atoms with Crippen molar-refractivity contribution in [1.29, 1.82) is 0 Å². The molecule has 0 bridgehead atoms. The Kier molecular flexibility index (Phi) is 5.23. The number of aryl methyl sites for hydroxylation is 1. The number of ether oxygens (including phenoxy) is 2. The summed E-state index contributed by atoms with van der Waals surface area (Å²) in [5, 5.41) is 0.964. The molecule has 2 heterocycles. The fourth-order valence-electron chi connectivity index (χ4n) is 3.53. The molecule has 0 aliphatic carbocycles. The average Bonchev–Trinajstić information content (AvgIpc) is 3.04. The van der Waals surface area contributed by atoms with Crippen molar-refractivity contribution in [2.24, 2.45) is 0 Å². The lowest BCUT2D eigenvalue weighted by atomic mass is 10.0. The lowest BCUT2D eigenvalue weighted by Gasteiger charge is -2.26. The van der Waals surface area contributed by atoms with Crippen molar-refractivity contribution >= 4 is 16.7 Å². The highest BCUT2D eigenvalue weighted by Crippen LogP contribution is 2.25. The summed E-state index contributed by atoms with van der Waals surface area (Å²) in [4.78, 5) is 18.6. The summed E-state index contributed by atoms with van der Waals surface area (Å²) in [7, 11) is 0. The van der Waals surface area contributed by atoms with Gasteiger partial charge in [-0.2, -0.15) is 0 Å². The maximum atomic E-state index is 13.0. The zero-order valence-corrected chi connectivity index (χ0v) is 15.5. The van der Waals surface area contributed by atoms with Gasteiger partial charge in [0.15, 0.2) is 5.78 Å². The van der Waals surface area contributed by atoms with Crippen LogP contribution in [0.25, 0.3) is 10.9 Å². The van der Waals surface area contributed by atoms with Crippen molar-refractivity contribution in [2.75, 3.05) is 39.5 Å². The highest BCUT2D eigenvalue weighted by atomic mass is 16.5. The fourth-order valence-corrected chi connectivity index (χ4v) is 3.53. The van der Waals surface area contributed by atoms with Gasteiger partial charge in [-0.05, 0) is 37.3 Å². The molecule has 0 amide bonds. The maximum Gasteiger partial charge on any atom is 0.195 e. The van der Waals surface area contributed by atoms with E-state index < -0.39 is 0 Å². The Balaban J connectivity index is 1.42. The Morgan fingerprint density at radius 2 is 1.85 bits per heavy atom. The number of H-pyrrole nitrogens is 1. The normalized spacial score (nSPS) is 15.1. The third kappa shape index (κ3) is 3.89. The molecule has 1 saturated heterocycles. The predicted molar refractivity (Wildman–Crippen MR) is 106 cm³/mol. The third-order valence-electron chi connectivity index (χ3n) is 5.02. The van der Waals surface area contributed by atoms with Gasteiger partial charge in [-0.1, -0.05) is 18.2 Å². The third-order valence-corrected chi connectivity index (χ3v) is 5.02. The number of nitrogens with zero attached hydrogens (tertiary/aromatic N) is 1. The Labute approximate surface area is 158 Å². The molecule has 1 fully saturated rings. The summed E-state index contributed by atoms with van der Waals surface area (Å²) in [6.45, 7) is 6.97. The molecule has 0 radical (unpaired) electrons. The average molecular weight is 364 g/mol. The number of carbonyl (C=O) groups excluding carboxylic acids is 1. The summed E-state index contributed by atoms with van der Waals surface area (Å²) in [5.74, 6) is 0.820. The van der Waals surface area contributed by atoms with Gasteiger partial charge in [-0.15, -0.1) is 0 Å². The van der Waals surface area contributed by atoms with Crippen molar-refractivity contribution in [2.45, 2.75) is 6.92 Å². The molecular weight excluding hydrogens is 340 g/mol. The highest BCUT2D eigenvalue weighted by molar-refractivity contribution is 6.17. The van der Waals surface area contributed by atoms with E-state index in [4.69, 9.17) is 9.47 Å². The van der Waals surface area contributed by atoms with E-state index in [-0.39, 0.29) is 5.78 Å². The van der Waals surface area contributed by atoms with Crippen LogP contribution in [0.5, 0.6) is 5.75 Å². The maximum absolute atomic E-state index is 13.0. The Bertz CT molecular complexity index is 924. The predicted octanol–water partition coefficient (Wildman–Crippen LogP) is 3.42. The number of ketones is 1. The SMILES string of the molecule is Cc1[nH]c2ccccc2c1C(=O)c1ccc(OCCN2CCOCC2)cc1. The molecule has 1 aliphatic rings. The van der Waals surface area contributed by atoms with Gasteiger partial charge in [0.05, 0.1) is 18.8 Å². The lowest BCUT2D eigenvalue weighted by molar-refractivity contribution is 0.0322. The molecule has 140 valence electrons. The molecule has 5 heteroatoms. The number of hydrogen-bond acceptors (Lipinski definition) is 4. The minimum atomic E-state index is 0.0322. The zero-order chi connectivity index (χ0) is 18.6. The fraction of sp³-hybridized carbons (Fsp3) is 0.318. The number of rotatable bonds is 6. The van der Waals surface area contributed by atoms with Crippen LogP contribution in [0, 0.1) is 6.92 Å². The van der Waals surface area contributed by atoms with Crippen LogP contribution >= 0.6 is 0 Å². The summed E-state index contributed by atoms with van der Waals surface area (Å²) >= 11 is 0. The quantitative estimate of drug-likeness (QED) is 0.681. The number of nitrogens with one attached hydrogen (secondary N) is 1. The number of aromatic amines is 1. The largest absolute Gasteiger partial charge is 0.492 e. The molecule has 0 spiro atoms. The van der Waals surface area contributed by atoms with E-state index in [1.54, 1.807) is 0 Å². The van der Waals surface area contributed by atoms with Gasteiger partial charge in [0.2, 0.25) is 0 Å². The smallest absolute Gasteiger partial charge is 0.195 e. The van der Waals surface area contributed by atoms with Gasteiger partial charge < -0.3 is 14.5 Å². The number of morpholine rings is 1. The number of fused-ring (bicyclic) bond motifs is 1. The molecule has 1 aliphatic heterocycles. The monoisotopic (exact) mass is 364 g/mol. The molecule has 2 aromatic carbocycles. The molecule has 0 saturated carbocycles. The van der Waals surface area contributed by atoms with Gasteiger partial charge in [0.1, 0.15) is 12.4 Å². The molecule has 4 rings (SSSR count). The highest BCUT2D eigenvalue weighted by Gasteiger charge is 2.17. The second kappa shape index (κ2) is 7.94. The van der Waals surface area contributed by atoms with Crippen LogP contribution in [0.2, 0.25) is 0 Å². The van der Waals surface area contributed by atoms with Crippen molar-refractivity contribution in [3.63, 3.8) is 0 Å². The van der Waals surface area contributed by atoms with E-state index in [0.717, 1.165) is 60.8 Å². The topological polar surface area (TPSA) is 54.6 Å². The second-order valence-electron chi connectivity index (χ2n) is 6.83. The van der Waals surface area contributed by atoms with E-state index in [1.807, 2.05) is 55.5 Å². The number of hydrogen-bond donors (Lipinski definition) is 1. The molecule has 0 atom stereocenters. The number of carbonyl (C=O) groups is 1. The Morgan fingerprint density at radius 1 is 1.11 bits per heavy atom. The first kappa shape index (κ1) is 17.8. The van der Waals surface area contributed by atoms with Crippen molar-refractivity contribution in [3.05, 3.63) is 65.4 Å². The molecule has 5 nitrogen and oxygen atoms in total. The van der Waals surface area contributed by atoms with E-state index in [1.165, 1.54) is 0 Å². The first-order valence-corrected chi connectivity index (χ1v) is 9.37. The van der Waals surface area contributed by atoms with Crippen LogP contribution in [0.15, 0.2) is 48.5 Å². The van der Waals surface area contributed by atoms with Gasteiger partial charge in [0, 0.05) is 41.8 Å². The number of benzene rings is 2. The second-order valence-corrected chi connectivity index (χ2v) is 6.83. The van der Waals surface area contributed by atoms with E-state index >= 15 is 0 Å². The Morgan fingerprint density at radius 3 is 2.63 bits per heavy atom. The zero-order valence-electron chi connectivity index (χ0n) is 15.5. The summed E-state index contributed by atoms with van der Waals surface area (Å²) in [6, 6.07) is 15.3. The van der Waals surface area contributed by atoms with Crippen LogP contribution in [-0.2, 0) is 4.74 Å². The van der Waals surface area contributed by atoms with Crippen LogP contribution in [0.3, 0.4) is 0 Å². The van der Waals surface area contributed by atoms with Crippen LogP contribution in [0.1, 0.15) is 21.6 Å². The van der Waals surface area contributed by atoms with Gasteiger partial charge in [0.25, 0.3) is 0 Å². The molecule has 1 aromatic heterocycles. The minimum Gasteiger partial charge on any atom is -0.492 e. The van der Waals surface area contributed by atoms with Gasteiger partial charge in [-0.25, -0.2) is 0 Å². The van der Waals surface area contributed by atoms with Crippen LogP contribution in [-0.4, -0.2) is 55.1 Å². The summed E-state index contributed by atoms with van der Waals surface area (Å²) in [5.41, 5.74) is 3.29. The van der Waals surface area contributed by atoms with Gasteiger partial charge >= 0.3 is 0 Å². The molecule has 0 unspecified atom stereocenters. The first-order valence-electron chi connectivity index (χ1n) is 9.37. The lowest BCUT2D eigenvalue weighted by Crippen LogP contribution is -2.38. The number of aromatic nitrogens is 1. The first-order chi connectivity index (χ1) is 13.2. The minimum absolute atomic E-state index is 0.0322. The van der Waals surface area contributed by atoms with Crippen molar-refractivity contribution in [3.8, 4) is 5.75 Å². The van der Waals surface area contributed by atoms with E-state index in [9.17, 15) is 4.79 Å². The van der Waals surface area contributed by atoms with E-state index in [2.05, 4.69) is 9.88 Å². The van der Waals surface area contributed by atoms with Crippen LogP contribution in [0.4, 0.5) is 0 Å². The molecule has 1 N–H and O–H groups in total. The number of para-hydroxylation sites is 1. The summed E-state index contributed by atoms with van der Waals surface area (Å²) in [6.07, 6.45) is 0. The van der Waals surface area contributed by atoms with Crippen molar-refractivity contribution < 1.29 is 14.3 Å². The molecule has 27 heavy (non-hydrogen) atoms. The molecule has 3 aromatic rings. The summed E-state index contributed by atoms with van der Waals surface area (Å²) < 4.78 is 11.2. The van der Waals surface area contributed by atoms with E-state index in [0.29, 0.717) is 12.2 Å². The Hall–Kier alpha value is -2.63. The molecular formula is C22H24N2O3.